The molecule has 1 aliphatic rings. The predicted octanol–water partition coefficient (Wildman–Crippen LogP) is 4.24. The van der Waals surface area contributed by atoms with E-state index in [1.54, 1.807) is 49.4 Å². The van der Waals surface area contributed by atoms with E-state index in [-0.39, 0.29) is 18.5 Å². The monoisotopic (exact) mass is 555 g/mol. The molecule has 0 aliphatic heterocycles. The van der Waals surface area contributed by atoms with Crippen LogP contribution in [0.5, 0.6) is 5.75 Å². The largest absolute Gasteiger partial charge is 0.497 e. The van der Waals surface area contributed by atoms with Crippen molar-refractivity contribution < 1.29 is 22.7 Å². The molecule has 0 unspecified atom stereocenters. The molecule has 36 heavy (non-hydrogen) atoms. The van der Waals surface area contributed by atoms with Gasteiger partial charge in [-0.3, -0.25) is 13.9 Å². The molecule has 11 heteroatoms. The van der Waals surface area contributed by atoms with E-state index in [2.05, 4.69) is 5.32 Å². The van der Waals surface area contributed by atoms with Crippen LogP contribution < -0.4 is 14.4 Å². The number of rotatable bonds is 10. The van der Waals surface area contributed by atoms with Crippen LogP contribution in [-0.2, 0) is 26.2 Å². The maximum absolute atomic E-state index is 13.6. The zero-order valence-corrected chi connectivity index (χ0v) is 22.9. The Morgan fingerprint density at radius 2 is 1.75 bits per heavy atom. The molecule has 0 bridgehead atoms. The number of hydrogen-bond acceptors (Lipinski definition) is 5. The third-order valence-corrected chi connectivity index (χ3v) is 7.99. The average Bonchev–Trinajstić information content (AvgIpc) is 3.34. The number of nitrogens with one attached hydrogen (secondary N) is 1. The van der Waals surface area contributed by atoms with Crippen molar-refractivity contribution in [3.63, 3.8) is 0 Å². The first-order valence-electron chi connectivity index (χ1n) is 11.6. The second kappa shape index (κ2) is 12.2. The summed E-state index contributed by atoms with van der Waals surface area (Å²) in [7, 11) is -2.31. The molecule has 3 rings (SSSR count). The Balaban J connectivity index is 1.89. The van der Waals surface area contributed by atoms with Crippen molar-refractivity contribution in [2.45, 2.75) is 51.2 Å². The first-order valence-corrected chi connectivity index (χ1v) is 14.3. The van der Waals surface area contributed by atoms with Crippen molar-refractivity contribution in [1.82, 2.24) is 10.2 Å². The lowest BCUT2D eigenvalue weighted by Crippen LogP contribution is -2.52. The van der Waals surface area contributed by atoms with Crippen LogP contribution in [0.2, 0.25) is 10.0 Å². The van der Waals surface area contributed by atoms with Gasteiger partial charge in [-0.1, -0.05) is 42.1 Å². The summed E-state index contributed by atoms with van der Waals surface area (Å²) in [6.45, 7) is 1.15. The van der Waals surface area contributed by atoms with Crippen molar-refractivity contribution in [1.29, 1.82) is 0 Å². The van der Waals surface area contributed by atoms with Gasteiger partial charge in [0.25, 0.3) is 0 Å². The van der Waals surface area contributed by atoms with Crippen molar-refractivity contribution in [2.24, 2.45) is 0 Å². The fourth-order valence-electron chi connectivity index (χ4n) is 4.17. The lowest BCUT2D eigenvalue weighted by atomic mass is 10.1. The number of ether oxygens (including phenoxy) is 1. The maximum Gasteiger partial charge on any atom is 0.244 e. The van der Waals surface area contributed by atoms with Crippen LogP contribution in [0.3, 0.4) is 0 Å². The van der Waals surface area contributed by atoms with Crippen LogP contribution in [0.25, 0.3) is 0 Å². The second-order valence-electron chi connectivity index (χ2n) is 8.89. The predicted molar refractivity (Wildman–Crippen MR) is 142 cm³/mol. The lowest BCUT2D eigenvalue weighted by molar-refractivity contribution is -0.139. The molecule has 0 heterocycles. The Labute approximate surface area is 222 Å². The van der Waals surface area contributed by atoms with Crippen LogP contribution in [0.15, 0.2) is 42.5 Å². The highest BCUT2D eigenvalue weighted by Crippen LogP contribution is 2.25. The number of benzene rings is 2. The molecule has 0 spiro atoms. The molecule has 8 nitrogen and oxygen atoms in total. The fraction of sp³-hybridized carbons (Fsp3) is 0.440. The van der Waals surface area contributed by atoms with Gasteiger partial charge in [0.2, 0.25) is 21.8 Å². The quantitative estimate of drug-likeness (QED) is 0.472. The minimum absolute atomic E-state index is 0.00824. The van der Waals surface area contributed by atoms with Crippen LogP contribution in [0.1, 0.15) is 38.2 Å². The van der Waals surface area contributed by atoms with E-state index in [1.807, 2.05) is 0 Å². The smallest absolute Gasteiger partial charge is 0.244 e. The summed E-state index contributed by atoms with van der Waals surface area (Å²) in [4.78, 5) is 28.0. The van der Waals surface area contributed by atoms with Gasteiger partial charge < -0.3 is 15.0 Å². The van der Waals surface area contributed by atoms with Crippen LogP contribution in [0.4, 0.5) is 5.69 Å². The topological polar surface area (TPSA) is 96.0 Å². The summed E-state index contributed by atoms with van der Waals surface area (Å²) in [5, 5.41) is 3.81. The average molecular weight is 557 g/mol. The summed E-state index contributed by atoms with van der Waals surface area (Å²) >= 11 is 12.4. The number of anilines is 1. The maximum atomic E-state index is 13.6. The number of amides is 2. The Bertz CT molecular complexity index is 1180. The highest BCUT2D eigenvalue weighted by molar-refractivity contribution is 7.92. The second-order valence-corrected chi connectivity index (χ2v) is 11.6. The summed E-state index contributed by atoms with van der Waals surface area (Å²) < 4.78 is 31.4. The molecule has 196 valence electrons. The third-order valence-electron chi connectivity index (χ3n) is 6.26. The van der Waals surface area contributed by atoms with E-state index in [1.165, 1.54) is 12.0 Å². The Morgan fingerprint density at radius 3 is 2.31 bits per heavy atom. The number of halogens is 2. The minimum Gasteiger partial charge on any atom is -0.497 e. The molecule has 2 aromatic carbocycles. The molecule has 1 aliphatic carbocycles. The van der Waals surface area contributed by atoms with Gasteiger partial charge in [0.05, 0.1) is 19.1 Å². The van der Waals surface area contributed by atoms with Gasteiger partial charge in [-0.25, -0.2) is 8.42 Å². The van der Waals surface area contributed by atoms with E-state index < -0.39 is 28.5 Å². The van der Waals surface area contributed by atoms with Gasteiger partial charge >= 0.3 is 0 Å². The van der Waals surface area contributed by atoms with Crippen LogP contribution in [0, 0.1) is 0 Å². The summed E-state index contributed by atoms with van der Waals surface area (Å²) in [5.74, 6) is -0.290. The van der Waals surface area contributed by atoms with E-state index in [0.717, 1.165) is 36.2 Å². The van der Waals surface area contributed by atoms with Gasteiger partial charge in [0.15, 0.2) is 0 Å². The Morgan fingerprint density at radius 1 is 1.11 bits per heavy atom. The standard InChI is InChI=1S/C25H31Cl2N3O5S/c1-17(25(32)28-20-6-4-5-7-20)29(15-18-8-9-19(26)14-23(18)27)24(31)16-30(36(3,33)34)21-10-12-22(35-2)13-11-21/h8-14,17,20H,4-7,15-16H2,1-3H3,(H,28,32)/t17-/m0/s1. The number of carbonyl (C=O) groups is 2. The zero-order chi connectivity index (χ0) is 26.5. The van der Waals surface area contributed by atoms with Crippen molar-refractivity contribution in [3.05, 3.63) is 58.1 Å². The van der Waals surface area contributed by atoms with Gasteiger partial charge in [0, 0.05) is 22.6 Å². The Hall–Kier alpha value is -2.49. The molecule has 1 saturated carbocycles. The highest BCUT2D eigenvalue weighted by Gasteiger charge is 2.31. The molecule has 1 atom stereocenters. The molecule has 0 saturated heterocycles. The van der Waals surface area contributed by atoms with Gasteiger partial charge in [-0.2, -0.15) is 0 Å². The molecule has 0 radical (unpaired) electrons. The molecule has 2 amide bonds. The molecule has 1 N–H and O–H groups in total. The number of nitrogens with zero attached hydrogens (tertiary/aromatic N) is 2. The Kier molecular flexibility index (Phi) is 9.49. The van der Waals surface area contributed by atoms with Gasteiger partial charge in [0.1, 0.15) is 18.3 Å². The molecule has 1 fully saturated rings. The van der Waals surface area contributed by atoms with Crippen molar-refractivity contribution in [3.8, 4) is 5.75 Å². The third kappa shape index (κ3) is 7.27. The minimum atomic E-state index is -3.82. The molecular formula is C25H31Cl2N3O5S. The van der Waals surface area contributed by atoms with E-state index in [9.17, 15) is 18.0 Å². The van der Waals surface area contributed by atoms with Crippen LogP contribution in [-0.4, -0.2) is 57.1 Å². The first kappa shape index (κ1) is 28.1. The number of hydrogen-bond donors (Lipinski definition) is 1. The van der Waals surface area contributed by atoms with Crippen LogP contribution >= 0.6 is 23.2 Å². The summed E-state index contributed by atoms with van der Waals surface area (Å²) in [6, 6.07) is 10.4. The summed E-state index contributed by atoms with van der Waals surface area (Å²) in [6.07, 6.45) is 4.92. The molecular weight excluding hydrogens is 525 g/mol. The number of sulfonamides is 1. The van der Waals surface area contributed by atoms with Crippen molar-refractivity contribution >= 4 is 50.7 Å². The highest BCUT2D eigenvalue weighted by atomic mass is 35.5. The number of methoxy groups -OCH3 is 1. The van der Waals surface area contributed by atoms with Gasteiger partial charge in [-0.05, 0) is 61.7 Å². The molecule has 2 aromatic rings. The van der Waals surface area contributed by atoms with E-state index >= 15 is 0 Å². The molecule has 0 aromatic heterocycles. The number of carbonyl (C=O) groups excluding carboxylic acids is 2. The SMILES string of the molecule is COc1ccc(N(CC(=O)N(Cc2ccc(Cl)cc2Cl)[C@@H](C)C(=O)NC2CCCC2)S(C)(=O)=O)cc1. The lowest BCUT2D eigenvalue weighted by Gasteiger charge is -2.32. The van der Waals surface area contributed by atoms with E-state index in [4.69, 9.17) is 27.9 Å². The van der Waals surface area contributed by atoms with E-state index in [0.29, 0.717) is 27.0 Å². The van der Waals surface area contributed by atoms with Gasteiger partial charge in [-0.15, -0.1) is 0 Å². The zero-order valence-electron chi connectivity index (χ0n) is 20.5. The van der Waals surface area contributed by atoms with Crippen molar-refractivity contribution in [2.75, 3.05) is 24.2 Å². The normalized spacial score (nSPS) is 14.8. The first-order chi connectivity index (χ1) is 17.0. The fourth-order valence-corrected chi connectivity index (χ4v) is 5.49. The summed E-state index contributed by atoms with van der Waals surface area (Å²) in [5.41, 5.74) is 0.893.